The monoisotopic (exact) mass is 407 g/mol. The van der Waals surface area contributed by atoms with Crippen molar-refractivity contribution in [3.05, 3.63) is 53.7 Å². The molecule has 2 amide bonds. The van der Waals surface area contributed by atoms with Gasteiger partial charge in [-0.2, -0.15) is 0 Å². The summed E-state index contributed by atoms with van der Waals surface area (Å²) in [7, 11) is 1.91. The van der Waals surface area contributed by atoms with E-state index in [0.717, 1.165) is 24.3 Å². The van der Waals surface area contributed by atoms with Crippen molar-refractivity contribution < 1.29 is 9.59 Å². The number of likely N-dealkylation sites (tertiary alicyclic amines) is 1. The van der Waals surface area contributed by atoms with Crippen LogP contribution in [0.3, 0.4) is 0 Å². The Balaban J connectivity index is 1.38. The Morgan fingerprint density at radius 2 is 1.80 bits per heavy atom. The van der Waals surface area contributed by atoms with Gasteiger partial charge in [0.2, 0.25) is 5.91 Å². The van der Waals surface area contributed by atoms with Crippen LogP contribution in [0.4, 0.5) is 11.5 Å². The number of fused-ring (bicyclic) bond motifs is 1. The van der Waals surface area contributed by atoms with Crippen molar-refractivity contribution in [3.63, 3.8) is 0 Å². The van der Waals surface area contributed by atoms with Crippen LogP contribution in [0.2, 0.25) is 0 Å². The lowest BCUT2D eigenvalue weighted by molar-refractivity contribution is -0.117. The molecule has 1 unspecified atom stereocenters. The molecule has 4 rings (SSSR count). The fourth-order valence-electron chi connectivity index (χ4n) is 4.21. The van der Waals surface area contributed by atoms with Crippen molar-refractivity contribution in [2.75, 3.05) is 36.9 Å². The fraction of sp³-hybridized carbons (Fsp3) is 0.435. The van der Waals surface area contributed by atoms with Gasteiger partial charge in [-0.1, -0.05) is 31.4 Å². The number of aromatic nitrogens is 1. The van der Waals surface area contributed by atoms with Crippen molar-refractivity contribution in [1.29, 1.82) is 0 Å². The minimum Gasteiger partial charge on any atom is -0.335 e. The second-order valence-corrected chi connectivity index (χ2v) is 8.08. The van der Waals surface area contributed by atoms with Crippen molar-refractivity contribution in [2.24, 2.45) is 0 Å². The number of rotatable bonds is 4. The molecule has 1 aromatic carbocycles. The van der Waals surface area contributed by atoms with E-state index in [1.54, 1.807) is 18.3 Å². The number of nitrogens with zero attached hydrogens (tertiary/aromatic N) is 3. The van der Waals surface area contributed by atoms with Crippen molar-refractivity contribution in [2.45, 2.75) is 38.3 Å². The molecule has 3 heterocycles. The molecule has 30 heavy (non-hydrogen) atoms. The number of carbonyl (C=O) groups is 2. The normalized spacial score (nSPS) is 20.0. The van der Waals surface area contributed by atoms with Gasteiger partial charge in [-0.15, -0.1) is 0 Å². The summed E-state index contributed by atoms with van der Waals surface area (Å²) in [6, 6.07) is 11.2. The smallest absolute Gasteiger partial charge is 0.256 e. The first-order valence-corrected chi connectivity index (χ1v) is 10.7. The summed E-state index contributed by atoms with van der Waals surface area (Å²) in [6.07, 6.45) is 7.55. The van der Waals surface area contributed by atoms with E-state index in [2.05, 4.69) is 20.5 Å². The van der Waals surface area contributed by atoms with E-state index in [1.807, 2.05) is 36.2 Å². The van der Waals surface area contributed by atoms with Gasteiger partial charge in [-0.25, -0.2) is 4.98 Å². The molecule has 0 saturated carbocycles. The molecule has 158 valence electrons. The number of anilines is 2. The van der Waals surface area contributed by atoms with E-state index in [-0.39, 0.29) is 18.0 Å². The highest BCUT2D eigenvalue weighted by Crippen LogP contribution is 2.30. The molecule has 0 bridgehead atoms. The van der Waals surface area contributed by atoms with Crippen LogP contribution in [0.15, 0.2) is 42.6 Å². The van der Waals surface area contributed by atoms with E-state index < -0.39 is 0 Å². The first-order valence-electron chi connectivity index (χ1n) is 10.7. The third kappa shape index (κ3) is 4.62. The van der Waals surface area contributed by atoms with Crippen molar-refractivity contribution in [3.8, 4) is 0 Å². The van der Waals surface area contributed by atoms with E-state index in [9.17, 15) is 9.59 Å². The van der Waals surface area contributed by atoms with Gasteiger partial charge in [-0.3, -0.25) is 14.5 Å². The highest BCUT2D eigenvalue weighted by molar-refractivity contribution is 6.01. The van der Waals surface area contributed by atoms with Crippen LogP contribution < -0.4 is 15.5 Å². The lowest BCUT2D eigenvalue weighted by atomic mass is 10.1. The number of nitrogens with one attached hydrogen (secondary N) is 2. The van der Waals surface area contributed by atoms with Gasteiger partial charge in [0.05, 0.1) is 12.1 Å². The maximum atomic E-state index is 12.5. The Hall–Kier alpha value is -2.93. The van der Waals surface area contributed by atoms with Gasteiger partial charge in [0, 0.05) is 18.9 Å². The summed E-state index contributed by atoms with van der Waals surface area (Å²) in [4.78, 5) is 33.4. The summed E-state index contributed by atoms with van der Waals surface area (Å²) < 4.78 is 0. The Labute approximate surface area is 177 Å². The highest BCUT2D eigenvalue weighted by Gasteiger charge is 2.30. The largest absolute Gasteiger partial charge is 0.335 e. The number of benzene rings is 1. The van der Waals surface area contributed by atoms with Gasteiger partial charge in [-0.05, 0) is 55.8 Å². The zero-order valence-electron chi connectivity index (χ0n) is 17.4. The molecule has 1 aromatic heterocycles. The number of pyridine rings is 1. The number of hydrogen-bond donors (Lipinski definition) is 2. The minimum absolute atomic E-state index is 0.0181. The topological polar surface area (TPSA) is 77.6 Å². The van der Waals surface area contributed by atoms with E-state index in [1.165, 1.54) is 32.1 Å². The van der Waals surface area contributed by atoms with Crippen LogP contribution in [0.5, 0.6) is 0 Å². The molecule has 0 spiro atoms. The number of hydrogen-bond acceptors (Lipinski definition) is 5. The average Bonchev–Trinajstić information content (AvgIpc) is 2.73. The summed E-state index contributed by atoms with van der Waals surface area (Å²) >= 11 is 0. The SMILES string of the molecule is CN1c2ncccc2C(=O)NC1c1ccc(NC(=O)CN2CCCCCCC2)cc1. The lowest BCUT2D eigenvalue weighted by Crippen LogP contribution is -2.45. The first kappa shape index (κ1) is 20.3. The van der Waals surface area contributed by atoms with E-state index in [4.69, 9.17) is 0 Å². The molecule has 0 radical (unpaired) electrons. The first-order chi connectivity index (χ1) is 14.6. The molecule has 1 saturated heterocycles. The Bertz CT molecular complexity index is 891. The average molecular weight is 408 g/mol. The molecule has 7 nitrogen and oxygen atoms in total. The molecule has 7 heteroatoms. The second kappa shape index (κ2) is 9.26. The predicted molar refractivity (Wildman–Crippen MR) is 117 cm³/mol. The Morgan fingerprint density at radius 3 is 2.53 bits per heavy atom. The summed E-state index contributed by atoms with van der Waals surface area (Å²) in [5.74, 6) is 0.549. The molecule has 1 atom stereocenters. The third-order valence-corrected chi connectivity index (χ3v) is 5.85. The summed E-state index contributed by atoms with van der Waals surface area (Å²) in [5.41, 5.74) is 2.27. The lowest BCUT2D eigenvalue weighted by Gasteiger charge is -2.35. The molecule has 1 fully saturated rings. The van der Waals surface area contributed by atoms with Crippen molar-refractivity contribution in [1.82, 2.24) is 15.2 Å². The van der Waals surface area contributed by atoms with Crippen LogP contribution in [-0.2, 0) is 4.79 Å². The molecule has 0 aliphatic carbocycles. The molecular weight excluding hydrogens is 378 g/mol. The van der Waals surface area contributed by atoms with Gasteiger partial charge in [0.1, 0.15) is 12.0 Å². The number of carbonyl (C=O) groups excluding carboxylic acids is 2. The second-order valence-electron chi connectivity index (χ2n) is 8.08. The third-order valence-electron chi connectivity index (χ3n) is 5.85. The van der Waals surface area contributed by atoms with Crippen LogP contribution in [0.25, 0.3) is 0 Å². The standard InChI is InChI=1S/C23H29N5O2/c1-27-21(26-23(30)19-8-7-13-24-22(19)27)17-9-11-18(12-10-17)25-20(29)16-28-14-5-3-2-4-6-15-28/h7-13,21H,2-6,14-16H2,1H3,(H,25,29)(H,26,30). The quantitative estimate of drug-likeness (QED) is 0.814. The number of amides is 2. The van der Waals surface area contributed by atoms with Crippen LogP contribution in [0.1, 0.15) is 54.2 Å². The Kier molecular flexibility index (Phi) is 6.28. The molecule has 2 N–H and O–H groups in total. The van der Waals surface area contributed by atoms with E-state index >= 15 is 0 Å². The van der Waals surface area contributed by atoms with E-state index in [0.29, 0.717) is 17.9 Å². The predicted octanol–water partition coefficient (Wildman–Crippen LogP) is 3.16. The summed E-state index contributed by atoms with van der Waals surface area (Å²) in [5, 5.41) is 6.01. The molecule has 2 aromatic rings. The maximum absolute atomic E-state index is 12.5. The van der Waals surface area contributed by atoms with Crippen LogP contribution >= 0.6 is 0 Å². The van der Waals surface area contributed by atoms with Crippen LogP contribution in [-0.4, -0.2) is 48.4 Å². The summed E-state index contributed by atoms with van der Waals surface area (Å²) in [6.45, 7) is 2.43. The molecule has 2 aliphatic heterocycles. The zero-order valence-corrected chi connectivity index (χ0v) is 17.4. The molecular formula is C23H29N5O2. The van der Waals surface area contributed by atoms with Gasteiger partial charge in [0.15, 0.2) is 0 Å². The van der Waals surface area contributed by atoms with Gasteiger partial charge in [0.25, 0.3) is 5.91 Å². The zero-order chi connectivity index (χ0) is 20.9. The maximum Gasteiger partial charge on any atom is 0.256 e. The highest BCUT2D eigenvalue weighted by atomic mass is 16.2. The molecule has 2 aliphatic rings. The van der Waals surface area contributed by atoms with Crippen molar-refractivity contribution >= 4 is 23.3 Å². The minimum atomic E-state index is -0.300. The van der Waals surface area contributed by atoms with Crippen LogP contribution in [0, 0.1) is 0 Å². The van der Waals surface area contributed by atoms with Gasteiger partial charge >= 0.3 is 0 Å². The Morgan fingerprint density at radius 1 is 1.10 bits per heavy atom. The fourth-order valence-corrected chi connectivity index (χ4v) is 4.21. The van der Waals surface area contributed by atoms with Gasteiger partial charge < -0.3 is 15.5 Å².